The summed E-state index contributed by atoms with van der Waals surface area (Å²) in [5, 5.41) is 2.75. The third kappa shape index (κ3) is 4.29. The van der Waals surface area contributed by atoms with E-state index >= 15 is 0 Å². The number of carbonyl (C=O) groups is 1. The van der Waals surface area contributed by atoms with E-state index in [1.165, 1.54) is 7.11 Å². The quantitative estimate of drug-likeness (QED) is 0.633. The van der Waals surface area contributed by atoms with Gasteiger partial charge in [0.25, 0.3) is 15.9 Å². The first-order valence-corrected chi connectivity index (χ1v) is 10.3. The Kier molecular flexibility index (Phi) is 5.61. The minimum Gasteiger partial charge on any atom is -0.495 e. The summed E-state index contributed by atoms with van der Waals surface area (Å²) in [6.45, 7) is 1.60. The molecule has 7 nitrogen and oxygen atoms in total. The van der Waals surface area contributed by atoms with Gasteiger partial charge in [0.05, 0.1) is 23.4 Å². The fourth-order valence-electron chi connectivity index (χ4n) is 2.37. The normalized spacial score (nSPS) is 11.1. The summed E-state index contributed by atoms with van der Waals surface area (Å²) >= 11 is 0.897. The highest BCUT2D eigenvalue weighted by atomic mass is 32.2. The number of nitrogens with one attached hydrogen (secondary N) is 2. The number of hydrogen-bond donors (Lipinski definition) is 2. The van der Waals surface area contributed by atoms with E-state index in [0.29, 0.717) is 17.1 Å². The fraction of sp³-hybridized carbons (Fsp3) is 0.111. The number of benzene rings is 2. The second kappa shape index (κ2) is 7.95. The molecule has 2 aromatic carbocycles. The van der Waals surface area contributed by atoms with E-state index in [1.54, 1.807) is 31.2 Å². The van der Waals surface area contributed by atoms with E-state index < -0.39 is 21.7 Å². The molecule has 0 fully saturated rings. The van der Waals surface area contributed by atoms with Crippen LogP contribution in [0.1, 0.15) is 15.4 Å². The highest BCUT2D eigenvalue weighted by molar-refractivity contribution is 7.93. The van der Waals surface area contributed by atoms with Crippen molar-refractivity contribution in [1.29, 1.82) is 0 Å². The monoisotopic (exact) mass is 421 g/mol. The molecule has 3 aromatic rings. The number of sulfonamides is 1. The Bertz CT molecular complexity index is 1110. The smallest absolute Gasteiger partial charge is 0.267 e. The van der Waals surface area contributed by atoms with E-state index in [4.69, 9.17) is 4.74 Å². The molecule has 0 saturated carbocycles. The lowest BCUT2D eigenvalue weighted by Gasteiger charge is -2.08. The third-order valence-corrected chi connectivity index (χ3v) is 6.26. The van der Waals surface area contributed by atoms with Crippen LogP contribution < -0.4 is 14.8 Å². The number of amides is 1. The predicted molar refractivity (Wildman–Crippen MR) is 105 cm³/mol. The molecule has 1 heterocycles. The molecule has 0 spiro atoms. The van der Waals surface area contributed by atoms with Gasteiger partial charge in [-0.1, -0.05) is 23.5 Å². The Labute approximate surface area is 165 Å². The van der Waals surface area contributed by atoms with Crippen LogP contribution in [0.2, 0.25) is 0 Å². The summed E-state index contributed by atoms with van der Waals surface area (Å²) in [5.41, 5.74) is 0.852. The third-order valence-electron chi connectivity index (χ3n) is 3.70. The number of para-hydroxylation sites is 2. The summed E-state index contributed by atoms with van der Waals surface area (Å²) in [6.07, 6.45) is 0. The molecule has 0 atom stereocenters. The zero-order valence-corrected chi connectivity index (χ0v) is 16.5. The van der Waals surface area contributed by atoms with E-state index in [1.807, 2.05) is 0 Å². The van der Waals surface area contributed by atoms with Gasteiger partial charge in [-0.05, 0) is 43.3 Å². The first kappa shape index (κ1) is 19.8. The molecule has 3 rings (SSSR count). The Hall–Kier alpha value is -2.98. The molecule has 0 bridgehead atoms. The maximum Gasteiger partial charge on any atom is 0.267 e. The average molecular weight is 421 g/mol. The maximum atomic E-state index is 13.0. The topological polar surface area (TPSA) is 97.4 Å². The number of thiazole rings is 1. The molecule has 28 heavy (non-hydrogen) atoms. The van der Waals surface area contributed by atoms with Crippen molar-refractivity contribution < 1.29 is 22.3 Å². The van der Waals surface area contributed by atoms with E-state index in [0.717, 1.165) is 35.6 Å². The Morgan fingerprint density at radius 1 is 1.14 bits per heavy atom. The Morgan fingerprint density at radius 3 is 2.50 bits per heavy atom. The number of anilines is 2. The van der Waals surface area contributed by atoms with Gasteiger partial charge < -0.3 is 10.1 Å². The second-order valence-electron chi connectivity index (χ2n) is 5.65. The Morgan fingerprint density at radius 2 is 1.82 bits per heavy atom. The molecule has 0 radical (unpaired) electrons. The van der Waals surface area contributed by atoms with Crippen LogP contribution in [0.3, 0.4) is 0 Å². The van der Waals surface area contributed by atoms with Crippen LogP contribution in [0, 0.1) is 12.7 Å². The Balaban J connectivity index is 1.81. The number of hydrogen-bond acceptors (Lipinski definition) is 6. The molecule has 146 valence electrons. The van der Waals surface area contributed by atoms with Gasteiger partial charge >= 0.3 is 0 Å². The van der Waals surface area contributed by atoms with E-state index in [9.17, 15) is 17.6 Å². The van der Waals surface area contributed by atoms with Gasteiger partial charge in [-0.25, -0.2) is 17.8 Å². The van der Waals surface area contributed by atoms with Crippen LogP contribution in [0.15, 0.2) is 53.4 Å². The van der Waals surface area contributed by atoms with Crippen LogP contribution in [0.4, 0.5) is 15.2 Å². The predicted octanol–water partition coefficient (Wildman–Crippen LogP) is 3.65. The van der Waals surface area contributed by atoms with Crippen molar-refractivity contribution in [2.75, 3.05) is 17.1 Å². The standard InChI is InChI=1S/C18H16FN3O4S2/c1-11-16(17(23)21-14-5-3-4-6-15(14)26-2)27-18(20-11)22-28(24,25)13-9-7-12(19)8-10-13/h3-10H,1-2H3,(H,20,22)(H,21,23). The van der Waals surface area contributed by atoms with Crippen molar-refractivity contribution in [2.24, 2.45) is 0 Å². The van der Waals surface area contributed by atoms with Crippen molar-refractivity contribution in [3.05, 3.63) is 64.9 Å². The summed E-state index contributed by atoms with van der Waals surface area (Å²) in [4.78, 5) is 16.8. The molecule has 0 aliphatic carbocycles. The summed E-state index contributed by atoms with van der Waals surface area (Å²) < 4.78 is 45.3. The number of halogens is 1. The first-order chi connectivity index (χ1) is 13.3. The van der Waals surface area contributed by atoms with Crippen molar-refractivity contribution in [2.45, 2.75) is 11.8 Å². The fourth-order valence-corrected chi connectivity index (χ4v) is 4.46. The highest BCUT2D eigenvalue weighted by Gasteiger charge is 2.21. The number of carbonyl (C=O) groups excluding carboxylic acids is 1. The van der Waals surface area contributed by atoms with Crippen molar-refractivity contribution in [3.63, 3.8) is 0 Å². The molecule has 1 aromatic heterocycles. The number of rotatable bonds is 6. The van der Waals surface area contributed by atoms with Gasteiger partial charge in [0.15, 0.2) is 5.13 Å². The van der Waals surface area contributed by atoms with Crippen LogP contribution in [-0.2, 0) is 10.0 Å². The SMILES string of the molecule is COc1ccccc1NC(=O)c1sc(NS(=O)(=O)c2ccc(F)cc2)nc1C. The molecular weight excluding hydrogens is 405 g/mol. The van der Waals surface area contributed by atoms with Crippen LogP contribution in [0.5, 0.6) is 5.75 Å². The maximum absolute atomic E-state index is 13.0. The molecule has 0 saturated heterocycles. The molecule has 1 amide bonds. The molecular formula is C18H16FN3O4S2. The average Bonchev–Trinajstić information content (AvgIpc) is 3.02. The van der Waals surface area contributed by atoms with Gasteiger partial charge in [0.1, 0.15) is 16.4 Å². The van der Waals surface area contributed by atoms with Gasteiger partial charge in [-0.3, -0.25) is 9.52 Å². The van der Waals surface area contributed by atoms with Gasteiger partial charge in [0.2, 0.25) is 0 Å². The minimum absolute atomic E-state index is 0.0343. The number of ether oxygens (including phenoxy) is 1. The largest absolute Gasteiger partial charge is 0.495 e. The van der Waals surface area contributed by atoms with Crippen LogP contribution in [-0.4, -0.2) is 26.4 Å². The lowest BCUT2D eigenvalue weighted by Crippen LogP contribution is -2.12. The summed E-state index contributed by atoms with van der Waals surface area (Å²) in [6, 6.07) is 11.3. The summed E-state index contributed by atoms with van der Waals surface area (Å²) in [7, 11) is -2.46. The van der Waals surface area contributed by atoms with Crippen LogP contribution >= 0.6 is 11.3 Å². The van der Waals surface area contributed by atoms with E-state index in [-0.39, 0.29) is 14.9 Å². The zero-order valence-electron chi connectivity index (χ0n) is 14.9. The van der Waals surface area contributed by atoms with Crippen LogP contribution in [0.25, 0.3) is 0 Å². The highest BCUT2D eigenvalue weighted by Crippen LogP contribution is 2.28. The van der Waals surface area contributed by atoms with Crippen molar-refractivity contribution in [1.82, 2.24) is 4.98 Å². The molecule has 0 aliphatic rings. The molecule has 2 N–H and O–H groups in total. The molecule has 0 aliphatic heterocycles. The molecule has 0 unspecified atom stereocenters. The second-order valence-corrected chi connectivity index (χ2v) is 8.33. The zero-order chi connectivity index (χ0) is 20.3. The molecule has 10 heteroatoms. The number of aryl methyl sites for hydroxylation is 1. The lowest BCUT2D eigenvalue weighted by atomic mass is 10.3. The summed E-state index contributed by atoms with van der Waals surface area (Å²) in [5.74, 6) is -0.485. The van der Waals surface area contributed by atoms with Crippen molar-refractivity contribution in [3.8, 4) is 5.75 Å². The number of nitrogens with zero attached hydrogens (tertiary/aromatic N) is 1. The van der Waals surface area contributed by atoms with Gasteiger partial charge in [0, 0.05) is 0 Å². The lowest BCUT2D eigenvalue weighted by molar-refractivity contribution is 0.102. The van der Waals surface area contributed by atoms with E-state index in [2.05, 4.69) is 15.0 Å². The van der Waals surface area contributed by atoms with Gasteiger partial charge in [-0.15, -0.1) is 0 Å². The number of methoxy groups -OCH3 is 1. The minimum atomic E-state index is -3.95. The van der Waals surface area contributed by atoms with Gasteiger partial charge in [-0.2, -0.15) is 0 Å². The number of aromatic nitrogens is 1. The first-order valence-electron chi connectivity index (χ1n) is 8.00. The van der Waals surface area contributed by atoms with Crippen molar-refractivity contribution >= 4 is 38.1 Å².